The van der Waals surface area contributed by atoms with Gasteiger partial charge in [0.15, 0.2) is 5.84 Å². The third kappa shape index (κ3) is 2.36. The monoisotopic (exact) mass is 234 g/mol. The van der Waals surface area contributed by atoms with Crippen LogP contribution in [0.5, 0.6) is 5.75 Å². The topological polar surface area (TPSA) is 67.8 Å². The summed E-state index contributed by atoms with van der Waals surface area (Å²) in [6.07, 6.45) is -4.49. The van der Waals surface area contributed by atoms with Crippen molar-refractivity contribution in [3.8, 4) is 5.75 Å². The van der Waals surface area contributed by atoms with Crippen molar-refractivity contribution in [2.24, 2.45) is 10.9 Å². The van der Waals surface area contributed by atoms with Crippen LogP contribution < -0.4 is 10.5 Å². The summed E-state index contributed by atoms with van der Waals surface area (Å²) in [6.45, 7) is 0. The number of amidine groups is 1. The highest BCUT2D eigenvalue weighted by Gasteiger charge is 2.31. The highest BCUT2D eigenvalue weighted by atomic mass is 19.4. The van der Waals surface area contributed by atoms with E-state index in [4.69, 9.17) is 15.7 Å². The molecule has 88 valence electrons. The molecule has 1 rings (SSSR count). The summed E-state index contributed by atoms with van der Waals surface area (Å²) in [5.41, 5.74) is 4.23. The molecule has 0 bridgehead atoms. The van der Waals surface area contributed by atoms with Gasteiger partial charge in [-0.15, -0.1) is 0 Å². The summed E-state index contributed by atoms with van der Waals surface area (Å²) in [6, 6.07) is 2.72. The van der Waals surface area contributed by atoms with Gasteiger partial charge in [-0.05, 0) is 18.2 Å². The molecular formula is C9H9F3N2O2. The van der Waals surface area contributed by atoms with Crippen molar-refractivity contribution in [1.29, 1.82) is 0 Å². The van der Waals surface area contributed by atoms with E-state index in [1.807, 2.05) is 0 Å². The van der Waals surface area contributed by atoms with E-state index in [-0.39, 0.29) is 11.3 Å². The first-order chi connectivity index (χ1) is 7.40. The first-order valence-corrected chi connectivity index (χ1v) is 4.13. The molecule has 0 spiro atoms. The Bertz CT molecular complexity index is 416. The fraction of sp³-hybridized carbons (Fsp3) is 0.222. The number of nitrogens with zero attached hydrogens (tertiary/aromatic N) is 1. The molecule has 1 aromatic rings. The van der Waals surface area contributed by atoms with Gasteiger partial charge in [-0.1, -0.05) is 5.16 Å². The summed E-state index contributed by atoms with van der Waals surface area (Å²) in [5, 5.41) is 11.1. The highest BCUT2D eigenvalue weighted by molar-refractivity contribution is 5.99. The summed E-state index contributed by atoms with van der Waals surface area (Å²) < 4.78 is 42.0. The molecule has 0 aliphatic carbocycles. The van der Waals surface area contributed by atoms with Crippen LogP contribution in [0.25, 0.3) is 0 Å². The maximum absolute atomic E-state index is 12.4. The molecule has 0 aliphatic rings. The van der Waals surface area contributed by atoms with Crippen molar-refractivity contribution < 1.29 is 23.1 Å². The molecular weight excluding hydrogens is 225 g/mol. The molecule has 0 heterocycles. The zero-order valence-corrected chi connectivity index (χ0v) is 8.25. The predicted octanol–water partition coefficient (Wildman–Crippen LogP) is 1.81. The Morgan fingerprint density at radius 3 is 2.50 bits per heavy atom. The number of benzene rings is 1. The Kier molecular flexibility index (Phi) is 3.26. The minimum atomic E-state index is -4.49. The fourth-order valence-electron chi connectivity index (χ4n) is 1.14. The van der Waals surface area contributed by atoms with Gasteiger partial charge in [-0.2, -0.15) is 13.2 Å². The quantitative estimate of drug-likeness (QED) is 0.355. The van der Waals surface area contributed by atoms with Gasteiger partial charge in [-0.25, -0.2) is 0 Å². The minimum Gasteiger partial charge on any atom is -0.496 e. The van der Waals surface area contributed by atoms with Gasteiger partial charge in [0, 0.05) is 0 Å². The van der Waals surface area contributed by atoms with Gasteiger partial charge >= 0.3 is 6.18 Å². The Morgan fingerprint density at radius 1 is 1.44 bits per heavy atom. The number of ether oxygens (including phenoxy) is 1. The molecule has 0 fully saturated rings. The van der Waals surface area contributed by atoms with Crippen LogP contribution in [-0.4, -0.2) is 18.2 Å². The van der Waals surface area contributed by atoms with Crippen LogP contribution >= 0.6 is 0 Å². The molecule has 0 saturated carbocycles. The number of rotatable bonds is 2. The number of halogens is 3. The average molecular weight is 234 g/mol. The molecule has 4 nitrogen and oxygen atoms in total. The molecule has 3 N–H and O–H groups in total. The Morgan fingerprint density at radius 2 is 2.06 bits per heavy atom. The standard InChI is InChI=1S/C9H9F3N2O2/c1-16-7-3-2-5(9(10,11)12)4-6(7)8(13)14-15/h2-4,15H,1H3,(H2,13,14). The van der Waals surface area contributed by atoms with Crippen LogP contribution in [0.15, 0.2) is 23.4 Å². The predicted molar refractivity (Wildman–Crippen MR) is 50.5 cm³/mol. The first kappa shape index (κ1) is 12.2. The second-order valence-electron chi connectivity index (χ2n) is 2.90. The zero-order valence-electron chi connectivity index (χ0n) is 8.25. The van der Waals surface area contributed by atoms with Crippen molar-refractivity contribution in [3.05, 3.63) is 29.3 Å². The minimum absolute atomic E-state index is 0.100. The van der Waals surface area contributed by atoms with Crippen LogP contribution in [0.3, 0.4) is 0 Å². The third-order valence-electron chi connectivity index (χ3n) is 1.91. The van der Waals surface area contributed by atoms with Crippen LogP contribution in [0, 0.1) is 0 Å². The lowest BCUT2D eigenvalue weighted by atomic mass is 10.1. The summed E-state index contributed by atoms with van der Waals surface area (Å²) in [4.78, 5) is 0. The Labute approximate surface area is 89.1 Å². The summed E-state index contributed by atoms with van der Waals surface area (Å²) in [7, 11) is 1.27. The molecule has 0 aromatic heterocycles. The largest absolute Gasteiger partial charge is 0.496 e. The molecule has 0 radical (unpaired) electrons. The van der Waals surface area contributed by atoms with E-state index in [1.165, 1.54) is 7.11 Å². The normalized spacial score (nSPS) is 12.6. The van der Waals surface area contributed by atoms with Crippen LogP contribution in [0.2, 0.25) is 0 Å². The fourth-order valence-corrected chi connectivity index (χ4v) is 1.14. The lowest BCUT2D eigenvalue weighted by Gasteiger charge is -2.11. The van der Waals surface area contributed by atoms with Gasteiger partial charge in [0.25, 0.3) is 0 Å². The maximum Gasteiger partial charge on any atom is 0.416 e. The van der Waals surface area contributed by atoms with E-state index in [1.54, 1.807) is 0 Å². The van der Waals surface area contributed by atoms with E-state index in [0.717, 1.165) is 18.2 Å². The van der Waals surface area contributed by atoms with E-state index < -0.39 is 17.6 Å². The highest BCUT2D eigenvalue weighted by Crippen LogP contribution is 2.32. The average Bonchev–Trinajstić information content (AvgIpc) is 2.25. The van der Waals surface area contributed by atoms with Crippen molar-refractivity contribution in [2.45, 2.75) is 6.18 Å². The smallest absolute Gasteiger partial charge is 0.416 e. The molecule has 1 aromatic carbocycles. The molecule has 0 unspecified atom stereocenters. The SMILES string of the molecule is COc1ccc(C(F)(F)F)cc1C(N)=NO. The van der Waals surface area contributed by atoms with Gasteiger partial charge in [0.1, 0.15) is 5.75 Å². The number of hydrogen-bond donors (Lipinski definition) is 2. The van der Waals surface area contributed by atoms with E-state index in [0.29, 0.717) is 0 Å². The van der Waals surface area contributed by atoms with Gasteiger partial charge < -0.3 is 15.7 Å². The summed E-state index contributed by atoms with van der Waals surface area (Å²) in [5.74, 6) is -0.341. The van der Waals surface area contributed by atoms with Crippen molar-refractivity contribution in [1.82, 2.24) is 0 Å². The molecule has 0 saturated heterocycles. The molecule has 0 amide bonds. The van der Waals surface area contributed by atoms with Gasteiger partial charge in [-0.3, -0.25) is 0 Å². The van der Waals surface area contributed by atoms with E-state index in [2.05, 4.69) is 5.16 Å². The lowest BCUT2D eigenvalue weighted by molar-refractivity contribution is -0.137. The van der Waals surface area contributed by atoms with Crippen LogP contribution in [0.1, 0.15) is 11.1 Å². The second kappa shape index (κ2) is 4.30. The molecule has 16 heavy (non-hydrogen) atoms. The first-order valence-electron chi connectivity index (χ1n) is 4.13. The number of alkyl halides is 3. The Balaban J connectivity index is 3.33. The Hall–Kier alpha value is -1.92. The second-order valence-corrected chi connectivity index (χ2v) is 2.90. The number of methoxy groups -OCH3 is 1. The zero-order chi connectivity index (χ0) is 12.3. The molecule has 0 atom stereocenters. The van der Waals surface area contributed by atoms with Crippen LogP contribution in [-0.2, 0) is 6.18 Å². The number of nitrogens with two attached hydrogens (primary N) is 1. The van der Waals surface area contributed by atoms with Gasteiger partial charge in [0.2, 0.25) is 0 Å². The van der Waals surface area contributed by atoms with Crippen molar-refractivity contribution >= 4 is 5.84 Å². The third-order valence-corrected chi connectivity index (χ3v) is 1.91. The van der Waals surface area contributed by atoms with Crippen LogP contribution in [0.4, 0.5) is 13.2 Å². The summed E-state index contributed by atoms with van der Waals surface area (Å²) >= 11 is 0. The molecule has 0 aliphatic heterocycles. The van der Waals surface area contributed by atoms with Crippen molar-refractivity contribution in [3.63, 3.8) is 0 Å². The lowest BCUT2D eigenvalue weighted by Crippen LogP contribution is -2.16. The maximum atomic E-state index is 12.4. The van der Waals surface area contributed by atoms with Gasteiger partial charge in [0.05, 0.1) is 18.2 Å². The number of oxime groups is 1. The van der Waals surface area contributed by atoms with Crippen molar-refractivity contribution in [2.75, 3.05) is 7.11 Å². The number of hydrogen-bond acceptors (Lipinski definition) is 3. The van der Waals surface area contributed by atoms with E-state index >= 15 is 0 Å². The molecule has 7 heteroatoms. The van der Waals surface area contributed by atoms with E-state index in [9.17, 15) is 13.2 Å².